The Kier molecular flexibility index (Phi) is 1.93. The lowest BCUT2D eigenvalue weighted by Gasteiger charge is -2.28. The number of allylic oxidation sites excluding steroid dienone is 2. The monoisotopic (exact) mass is 189 g/mol. The fourth-order valence-electron chi connectivity index (χ4n) is 3.36. The Morgan fingerprint density at radius 2 is 2.07 bits per heavy atom. The minimum atomic E-state index is 0.756. The van der Waals surface area contributed by atoms with E-state index in [4.69, 9.17) is 0 Å². The van der Waals surface area contributed by atoms with Gasteiger partial charge in [0.05, 0.1) is 6.04 Å². The van der Waals surface area contributed by atoms with E-state index in [1.165, 1.54) is 44.9 Å². The average molecular weight is 189 g/mol. The zero-order chi connectivity index (χ0) is 9.54. The molecule has 0 spiro atoms. The Labute approximate surface area is 86.5 Å². The molecule has 1 unspecified atom stereocenters. The summed E-state index contributed by atoms with van der Waals surface area (Å²) in [5, 5.41) is 0. The van der Waals surface area contributed by atoms with Crippen LogP contribution in [0, 0.1) is 0 Å². The third-order valence-corrected chi connectivity index (χ3v) is 4.09. The molecule has 0 fully saturated rings. The smallest absolute Gasteiger partial charge is 0.0536 e. The van der Waals surface area contributed by atoms with E-state index in [9.17, 15) is 0 Å². The summed E-state index contributed by atoms with van der Waals surface area (Å²) in [7, 11) is 2.30. The third-order valence-electron chi connectivity index (χ3n) is 4.09. The Bertz CT molecular complexity index is 311. The first-order valence-corrected chi connectivity index (χ1v) is 6.03. The van der Waals surface area contributed by atoms with Crippen LogP contribution in [0.15, 0.2) is 22.9 Å². The van der Waals surface area contributed by atoms with Crippen molar-refractivity contribution in [2.24, 2.45) is 0 Å². The molecule has 1 heterocycles. The van der Waals surface area contributed by atoms with Gasteiger partial charge in [-0.05, 0) is 56.1 Å². The second kappa shape index (κ2) is 3.15. The lowest BCUT2D eigenvalue weighted by Crippen LogP contribution is -2.28. The van der Waals surface area contributed by atoms with E-state index in [1.54, 1.807) is 16.8 Å². The Balaban J connectivity index is 2.02. The molecule has 76 valence electrons. The van der Waals surface area contributed by atoms with Gasteiger partial charge < -0.3 is 4.90 Å². The van der Waals surface area contributed by atoms with Crippen LogP contribution in [0.5, 0.6) is 0 Å². The fourth-order valence-corrected chi connectivity index (χ4v) is 3.36. The Morgan fingerprint density at radius 3 is 3.00 bits per heavy atom. The van der Waals surface area contributed by atoms with Crippen molar-refractivity contribution in [3.05, 3.63) is 22.9 Å². The molecule has 1 nitrogen and oxygen atoms in total. The molecule has 0 aromatic carbocycles. The van der Waals surface area contributed by atoms with Crippen LogP contribution in [0.25, 0.3) is 0 Å². The van der Waals surface area contributed by atoms with Crippen molar-refractivity contribution in [3.8, 4) is 0 Å². The molecule has 14 heavy (non-hydrogen) atoms. The van der Waals surface area contributed by atoms with Gasteiger partial charge in [0, 0.05) is 12.7 Å². The lowest BCUT2D eigenvalue weighted by atomic mass is 9.87. The molecule has 1 atom stereocenters. The molecule has 0 saturated heterocycles. The average Bonchev–Trinajstić information content (AvgIpc) is 2.55. The predicted molar refractivity (Wildman–Crippen MR) is 59.0 cm³/mol. The van der Waals surface area contributed by atoms with Crippen LogP contribution in [-0.2, 0) is 0 Å². The van der Waals surface area contributed by atoms with Crippen molar-refractivity contribution in [1.82, 2.24) is 4.90 Å². The highest BCUT2D eigenvalue weighted by molar-refractivity contribution is 5.46. The van der Waals surface area contributed by atoms with Crippen molar-refractivity contribution in [3.63, 3.8) is 0 Å². The number of rotatable bonds is 0. The number of hydrogen-bond acceptors (Lipinski definition) is 1. The van der Waals surface area contributed by atoms with Crippen LogP contribution in [-0.4, -0.2) is 18.0 Å². The van der Waals surface area contributed by atoms with Crippen LogP contribution in [0.3, 0.4) is 0 Å². The van der Waals surface area contributed by atoms with Crippen LogP contribution >= 0.6 is 0 Å². The summed E-state index contributed by atoms with van der Waals surface area (Å²) >= 11 is 0. The van der Waals surface area contributed by atoms with Gasteiger partial charge >= 0.3 is 0 Å². The number of likely N-dealkylation sites (N-methyl/N-ethyl adjacent to an activating group) is 1. The first-order valence-electron chi connectivity index (χ1n) is 6.03. The first-order chi connectivity index (χ1) is 6.88. The molecule has 0 amide bonds. The zero-order valence-electron chi connectivity index (χ0n) is 9.05. The number of nitrogens with zero attached hydrogens (tertiary/aromatic N) is 1. The van der Waals surface area contributed by atoms with E-state index in [0.29, 0.717) is 0 Å². The summed E-state index contributed by atoms with van der Waals surface area (Å²) in [5.74, 6) is 0. The van der Waals surface area contributed by atoms with Gasteiger partial charge in [0.15, 0.2) is 0 Å². The molecule has 0 aromatic heterocycles. The van der Waals surface area contributed by atoms with Gasteiger partial charge in [-0.2, -0.15) is 0 Å². The topological polar surface area (TPSA) is 3.24 Å². The van der Waals surface area contributed by atoms with E-state index in [1.807, 2.05) is 0 Å². The molecule has 0 saturated carbocycles. The number of fused-ring (bicyclic) bond motifs is 2. The summed E-state index contributed by atoms with van der Waals surface area (Å²) in [5.41, 5.74) is 5.10. The molecule has 3 aliphatic rings. The summed E-state index contributed by atoms with van der Waals surface area (Å²) in [6, 6.07) is 0.756. The van der Waals surface area contributed by atoms with E-state index >= 15 is 0 Å². The zero-order valence-corrected chi connectivity index (χ0v) is 9.05. The molecule has 1 heteroatoms. The van der Waals surface area contributed by atoms with Gasteiger partial charge in [-0.1, -0.05) is 6.08 Å². The standard InChI is InChI=1S/C13H19N/c1-14-12-8-4-2-6-10(12)11-7-3-5-9-13(11)14/h6,12H,2-5,7-9H2,1H3. The quantitative estimate of drug-likeness (QED) is 0.565. The fraction of sp³-hybridized carbons (Fsp3) is 0.692. The summed E-state index contributed by atoms with van der Waals surface area (Å²) < 4.78 is 0. The summed E-state index contributed by atoms with van der Waals surface area (Å²) in [6.45, 7) is 0. The molecule has 0 aromatic rings. The van der Waals surface area contributed by atoms with Gasteiger partial charge in [-0.25, -0.2) is 0 Å². The first kappa shape index (κ1) is 8.58. The van der Waals surface area contributed by atoms with Gasteiger partial charge in [0.1, 0.15) is 0 Å². The van der Waals surface area contributed by atoms with Crippen molar-refractivity contribution < 1.29 is 0 Å². The SMILES string of the molecule is CN1C2=C(CCCC2)C2=CCCCC21. The van der Waals surface area contributed by atoms with E-state index < -0.39 is 0 Å². The highest BCUT2D eigenvalue weighted by atomic mass is 15.2. The van der Waals surface area contributed by atoms with Crippen LogP contribution in [0.4, 0.5) is 0 Å². The van der Waals surface area contributed by atoms with Crippen molar-refractivity contribution in [2.45, 2.75) is 51.0 Å². The second-order valence-corrected chi connectivity index (χ2v) is 4.85. The molecule has 2 aliphatic carbocycles. The molecule has 0 bridgehead atoms. The molecule has 1 aliphatic heterocycles. The highest BCUT2D eigenvalue weighted by Crippen LogP contribution is 2.44. The van der Waals surface area contributed by atoms with E-state index in [-0.39, 0.29) is 0 Å². The van der Waals surface area contributed by atoms with Gasteiger partial charge in [0.25, 0.3) is 0 Å². The van der Waals surface area contributed by atoms with Gasteiger partial charge in [0.2, 0.25) is 0 Å². The van der Waals surface area contributed by atoms with Crippen LogP contribution in [0.1, 0.15) is 44.9 Å². The molecular formula is C13H19N. The molecule has 0 radical (unpaired) electrons. The molecule has 0 N–H and O–H groups in total. The van der Waals surface area contributed by atoms with E-state index in [0.717, 1.165) is 6.04 Å². The molecule has 3 rings (SSSR count). The predicted octanol–water partition coefficient (Wildman–Crippen LogP) is 3.24. The maximum absolute atomic E-state index is 2.57. The molecular weight excluding hydrogens is 170 g/mol. The largest absolute Gasteiger partial charge is 0.371 e. The summed E-state index contributed by atoms with van der Waals surface area (Å²) in [4.78, 5) is 2.57. The summed E-state index contributed by atoms with van der Waals surface area (Å²) in [6.07, 6.45) is 12.1. The second-order valence-electron chi connectivity index (χ2n) is 4.85. The van der Waals surface area contributed by atoms with Crippen molar-refractivity contribution in [1.29, 1.82) is 0 Å². The number of hydrogen-bond donors (Lipinski definition) is 0. The highest BCUT2D eigenvalue weighted by Gasteiger charge is 2.35. The van der Waals surface area contributed by atoms with Crippen LogP contribution in [0.2, 0.25) is 0 Å². The van der Waals surface area contributed by atoms with E-state index in [2.05, 4.69) is 18.0 Å². The van der Waals surface area contributed by atoms with Crippen molar-refractivity contribution >= 4 is 0 Å². The maximum atomic E-state index is 2.57. The minimum Gasteiger partial charge on any atom is -0.371 e. The lowest BCUT2D eigenvalue weighted by molar-refractivity contribution is 0.323. The van der Waals surface area contributed by atoms with Crippen molar-refractivity contribution in [2.75, 3.05) is 7.05 Å². The Morgan fingerprint density at radius 1 is 1.21 bits per heavy atom. The van der Waals surface area contributed by atoms with Crippen LogP contribution < -0.4 is 0 Å². The van der Waals surface area contributed by atoms with Gasteiger partial charge in [-0.3, -0.25) is 0 Å². The third kappa shape index (κ3) is 1.08. The van der Waals surface area contributed by atoms with Gasteiger partial charge in [-0.15, -0.1) is 0 Å². The maximum Gasteiger partial charge on any atom is 0.0536 e. The normalized spacial score (nSPS) is 31.4. The minimum absolute atomic E-state index is 0.756. The Hall–Kier alpha value is -0.720.